The molecule has 0 saturated heterocycles. The summed E-state index contributed by atoms with van der Waals surface area (Å²) < 4.78 is 10.6. The number of hydrogen-bond donors (Lipinski definition) is 2. The fraction of sp³-hybridized carbons (Fsp3) is 0.417. The van der Waals surface area contributed by atoms with Crippen LogP contribution in [0.15, 0.2) is 24.3 Å². The topological polar surface area (TPSA) is 90.7 Å². The number of ether oxygens (including phenoxy) is 2. The molecule has 0 bridgehead atoms. The lowest BCUT2D eigenvalue weighted by Crippen LogP contribution is -2.27. The smallest absolute Gasteiger partial charge is 0.251 e. The number of benzene rings is 1. The number of rotatable bonds is 6. The van der Waals surface area contributed by atoms with E-state index in [1.165, 1.54) is 17.4 Å². The summed E-state index contributed by atoms with van der Waals surface area (Å²) in [7, 11) is 3.15. The van der Waals surface area contributed by atoms with E-state index in [2.05, 4.69) is 26.1 Å². The van der Waals surface area contributed by atoms with E-state index < -0.39 is 5.91 Å². The monoisotopic (exact) mass is 442 g/mol. The molecule has 1 atom stereocenters. The molecule has 7 heteroatoms. The molecule has 1 aliphatic carbocycles. The van der Waals surface area contributed by atoms with Gasteiger partial charge in [0.1, 0.15) is 16.5 Å². The molecule has 1 aliphatic rings. The number of nitrogens with one attached hydrogen (secondary N) is 1. The molecule has 2 aromatic rings. The van der Waals surface area contributed by atoms with Crippen molar-refractivity contribution in [2.45, 2.75) is 40.0 Å². The fourth-order valence-corrected chi connectivity index (χ4v) is 5.30. The van der Waals surface area contributed by atoms with E-state index in [9.17, 15) is 9.59 Å². The lowest BCUT2D eigenvalue weighted by atomic mass is 9.72. The second kappa shape index (κ2) is 9.14. The van der Waals surface area contributed by atoms with Crippen LogP contribution in [0.25, 0.3) is 6.08 Å². The third-order valence-corrected chi connectivity index (χ3v) is 6.99. The molecule has 1 aromatic heterocycles. The maximum absolute atomic E-state index is 12.6. The second-order valence-corrected chi connectivity index (χ2v) is 9.91. The van der Waals surface area contributed by atoms with Gasteiger partial charge in [-0.2, -0.15) is 0 Å². The largest absolute Gasteiger partial charge is 0.497 e. The van der Waals surface area contributed by atoms with Gasteiger partial charge in [-0.25, -0.2) is 0 Å². The zero-order valence-electron chi connectivity index (χ0n) is 18.7. The number of thiophene rings is 1. The van der Waals surface area contributed by atoms with Crippen LogP contribution in [0.3, 0.4) is 0 Å². The molecule has 1 aromatic carbocycles. The average Bonchev–Trinajstić information content (AvgIpc) is 3.08. The Labute approximate surface area is 187 Å². The third kappa shape index (κ3) is 5.10. The molecule has 31 heavy (non-hydrogen) atoms. The van der Waals surface area contributed by atoms with Gasteiger partial charge in [-0.15, -0.1) is 11.3 Å². The maximum atomic E-state index is 12.6. The quantitative estimate of drug-likeness (QED) is 0.636. The van der Waals surface area contributed by atoms with Gasteiger partial charge in [-0.05, 0) is 60.4 Å². The Morgan fingerprint density at radius 3 is 2.58 bits per heavy atom. The summed E-state index contributed by atoms with van der Waals surface area (Å²) in [5, 5.41) is 3.39. The first-order valence-corrected chi connectivity index (χ1v) is 11.1. The van der Waals surface area contributed by atoms with Crippen molar-refractivity contribution in [1.29, 1.82) is 0 Å². The number of fused-ring (bicyclic) bond motifs is 1. The van der Waals surface area contributed by atoms with Gasteiger partial charge >= 0.3 is 0 Å². The van der Waals surface area contributed by atoms with Crippen molar-refractivity contribution in [1.82, 2.24) is 0 Å². The highest BCUT2D eigenvalue weighted by molar-refractivity contribution is 7.17. The van der Waals surface area contributed by atoms with Crippen molar-refractivity contribution < 1.29 is 19.1 Å². The molecule has 0 saturated carbocycles. The van der Waals surface area contributed by atoms with Crippen LogP contribution in [0.2, 0.25) is 0 Å². The number of carbonyl (C=O) groups is 2. The van der Waals surface area contributed by atoms with Gasteiger partial charge in [0.15, 0.2) is 0 Å². The predicted octanol–water partition coefficient (Wildman–Crippen LogP) is 4.67. The Kier molecular flexibility index (Phi) is 6.74. The van der Waals surface area contributed by atoms with Crippen LogP contribution in [0.4, 0.5) is 5.00 Å². The van der Waals surface area contributed by atoms with Gasteiger partial charge in [-0.3, -0.25) is 9.59 Å². The van der Waals surface area contributed by atoms with E-state index in [1.54, 1.807) is 38.5 Å². The second-order valence-electron chi connectivity index (χ2n) is 8.81. The molecule has 0 radical (unpaired) electrons. The average molecular weight is 443 g/mol. The molecule has 0 spiro atoms. The van der Waals surface area contributed by atoms with Gasteiger partial charge in [0.2, 0.25) is 5.91 Å². The van der Waals surface area contributed by atoms with Gasteiger partial charge in [0, 0.05) is 16.5 Å². The predicted molar refractivity (Wildman–Crippen MR) is 125 cm³/mol. The van der Waals surface area contributed by atoms with Crippen molar-refractivity contribution in [2.75, 3.05) is 19.5 Å². The summed E-state index contributed by atoms with van der Waals surface area (Å²) in [6.07, 6.45) is 5.79. The number of primary amides is 1. The van der Waals surface area contributed by atoms with E-state index >= 15 is 0 Å². The van der Waals surface area contributed by atoms with Crippen molar-refractivity contribution in [3.63, 3.8) is 0 Å². The molecule has 3 N–H and O–H groups in total. The number of carbonyl (C=O) groups excluding carboxylic acids is 2. The van der Waals surface area contributed by atoms with Gasteiger partial charge < -0.3 is 20.5 Å². The summed E-state index contributed by atoms with van der Waals surface area (Å²) in [5.74, 6) is 0.987. The molecule has 1 unspecified atom stereocenters. The van der Waals surface area contributed by atoms with E-state index in [1.807, 2.05) is 0 Å². The van der Waals surface area contributed by atoms with E-state index in [-0.39, 0.29) is 11.3 Å². The minimum Gasteiger partial charge on any atom is -0.497 e. The fourth-order valence-electron chi connectivity index (χ4n) is 3.96. The number of amides is 2. The van der Waals surface area contributed by atoms with Crippen molar-refractivity contribution in [3.8, 4) is 11.5 Å². The van der Waals surface area contributed by atoms with E-state index in [0.29, 0.717) is 33.5 Å². The molecule has 0 fully saturated rings. The number of nitrogens with two attached hydrogens (primary N) is 1. The molecule has 0 aliphatic heterocycles. The minimum absolute atomic E-state index is 0.191. The van der Waals surface area contributed by atoms with E-state index in [4.69, 9.17) is 15.2 Å². The maximum Gasteiger partial charge on any atom is 0.251 e. The summed E-state index contributed by atoms with van der Waals surface area (Å²) in [6.45, 7) is 6.72. The Morgan fingerprint density at radius 1 is 1.23 bits per heavy atom. The van der Waals surface area contributed by atoms with Crippen LogP contribution in [0.5, 0.6) is 11.5 Å². The lowest BCUT2D eigenvalue weighted by molar-refractivity contribution is -0.111. The summed E-state index contributed by atoms with van der Waals surface area (Å²) in [4.78, 5) is 26.0. The highest BCUT2D eigenvalue weighted by Gasteiger charge is 2.33. The first-order chi connectivity index (χ1) is 14.6. The van der Waals surface area contributed by atoms with Crippen LogP contribution in [0.1, 0.15) is 53.6 Å². The van der Waals surface area contributed by atoms with Crippen LogP contribution < -0.4 is 20.5 Å². The number of hydrogen-bond acceptors (Lipinski definition) is 5. The third-order valence-electron chi connectivity index (χ3n) is 5.82. The van der Waals surface area contributed by atoms with Crippen LogP contribution in [0, 0.1) is 11.3 Å². The molecule has 3 rings (SSSR count). The van der Waals surface area contributed by atoms with Gasteiger partial charge in [0.05, 0.1) is 19.8 Å². The standard InChI is InChI=1S/C24H30N2O4S/c1-24(2,3)15-7-9-17-19(13-15)31-23(21(17)22(25)28)26-20(27)11-6-14-12-16(29-4)8-10-18(14)30-5/h6,8,10-12,15H,7,9,13H2,1-5H3,(H2,25,28)(H,26,27)/b11-6+. The Morgan fingerprint density at radius 2 is 1.97 bits per heavy atom. The Balaban J connectivity index is 1.83. The molecular formula is C24H30N2O4S. The van der Waals surface area contributed by atoms with Crippen molar-refractivity contribution in [3.05, 3.63) is 45.8 Å². The first kappa shape index (κ1) is 22.9. The van der Waals surface area contributed by atoms with Crippen molar-refractivity contribution in [2.24, 2.45) is 17.1 Å². The summed E-state index contributed by atoms with van der Waals surface area (Å²) in [6, 6.07) is 5.35. The van der Waals surface area contributed by atoms with Gasteiger partial charge in [0.25, 0.3) is 5.91 Å². The van der Waals surface area contributed by atoms with Gasteiger partial charge in [-0.1, -0.05) is 20.8 Å². The lowest BCUT2D eigenvalue weighted by Gasteiger charge is -2.33. The SMILES string of the molecule is COc1ccc(OC)c(/C=C/C(=O)Nc2sc3c(c2C(N)=O)CCC(C(C)(C)C)C3)c1. The highest BCUT2D eigenvalue weighted by Crippen LogP contribution is 2.44. The Bertz CT molecular complexity index is 1020. The zero-order chi connectivity index (χ0) is 22.8. The molecule has 1 heterocycles. The molecule has 6 nitrogen and oxygen atoms in total. The summed E-state index contributed by atoms with van der Waals surface area (Å²) >= 11 is 1.46. The minimum atomic E-state index is -0.500. The van der Waals surface area contributed by atoms with E-state index in [0.717, 1.165) is 29.7 Å². The van der Waals surface area contributed by atoms with Crippen molar-refractivity contribution >= 4 is 34.2 Å². The normalized spacial score (nSPS) is 16.1. The first-order valence-electron chi connectivity index (χ1n) is 10.3. The molecule has 166 valence electrons. The summed E-state index contributed by atoms with van der Waals surface area (Å²) in [5.41, 5.74) is 8.03. The highest BCUT2D eigenvalue weighted by atomic mass is 32.1. The Hall–Kier alpha value is -2.80. The number of anilines is 1. The molecule has 2 amide bonds. The van der Waals surface area contributed by atoms with Crippen LogP contribution >= 0.6 is 11.3 Å². The van der Waals surface area contributed by atoms with Crippen LogP contribution in [-0.2, 0) is 17.6 Å². The zero-order valence-corrected chi connectivity index (χ0v) is 19.5. The molecular weight excluding hydrogens is 412 g/mol. The van der Waals surface area contributed by atoms with Crippen LogP contribution in [-0.4, -0.2) is 26.0 Å². The number of methoxy groups -OCH3 is 2.